The Labute approximate surface area is 95.1 Å². The van der Waals surface area contributed by atoms with Crippen LogP contribution in [0.4, 0.5) is 0 Å². The Balaban J connectivity index is 2.23. The fraction of sp³-hybridized carbons (Fsp3) is 0.100. The van der Waals surface area contributed by atoms with Crippen molar-refractivity contribution in [1.29, 1.82) is 0 Å². The lowest BCUT2D eigenvalue weighted by Crippen LogP contribution is -2.16. The SMILES string of the molecule is O=C(C(Br)c1ccccc1)n1cncn1. The van der Waals surface area contributed by atoms with Gasteiger partial charge in [0, 0.05) is 0 Å². The van der Waals surface area contributed by atoms with E-state index in [1.165, 1.54) is 17.3 Å². The third-order valence-corrected chi connectivity index (χ3v) is 2.87. The van der Waals surface area contributed by atoms with Crippen LogP contribution in [0.2, 0.25) is 0 Å². The molecule has 0 aliphatic heterocycles. The first kappa shape index (κ1) is 10.0. The highest BCUT2D eigenvalue weighted by Crippen LogP contribution is 2.23. The molecule has 0 bridgehead atoms. The van der Waals surface area contributed by atoms with Gasteiger partial charge in [-0.1, -0.05) is 46.3 Å². The zero-order chi connectivity index (χ0) is 10.7. The molecule has 1 aromatic carbocycles. The van der Waals surface area contributed by atoms with Crippen molar-refractivity contribution >= 4 is 21.8 Å². The Bertz CT molecular complexity index is 441. The van der Waals surface area contributed by atoms with E-state index in [0.717, 1.165) is 5.56 Å². The van der Waals surface area contributed by atoms with E-state index in [4.69, 9.17) is 0 Å². The number of aromatic nitrogens is 3. The van der Waals surface area contributed by atoms with Crippen LogP contribution in [0.15, 0.2) is 43.0 Å². The lowest BCUT2D eigenvalue weighted by molar-refractivity contribution is 0.0896. The number of nitrogens with zero attached hydrogens (tertiary/aromatic N) is 3. The van der Waals surface area contributed by atoms with Crippen molar-refractivity contribution in [2.24, 2.45) is 0 Å². The van der Waals surface area contributed by atoms with Gasteiger partial charge in [-0.05, 0) is 5.56 Å². The molecule has 1 atom stereocenters. The molecule has 5 heteroatoms. The first-order valence-corrected chi connectivity index (χ1v) is 5.28. The first-order valence-electron chi connectivity index (χ1n) is 4.37. The summed E-state index contributed by atoms with van der Waals surface area (Å²) >= 11 is 3.33. The molecule has 4 nitrogen and oxygen atoms in total. The molecule has 1 unspecified atom stereocenters. The van der Waals surface area contributed by atoms with Crippen molar-refractivity contribution in [2.75, 3.05) is 0 Å². The van der Waals surface area contributed by atoms with Gasteiger partial charge in [-0.3, -0.25) is 4.79 Å². The molecule has 2 rings (SSSR count). The maximum atomic E-state index is 11.8. The van der Waals surface area contributed by atoms with Gasteiger partial charge in [0.25, 0.3) is 5.91 Å². The minimum atomic E-state index is -0.389. The normalized spacial score (nSPS) is 12.3. The van der Waals surface area contributed by atoms with Gasteiger partial charge in [0.05, 0.1) is 0 Å². The van der Waals surface area contributed by atoms with E-state index in [0.29, 0.717) is 0 Å². The monoisotopic (exact) mass is 265 g/mol. The Morgan fingerprint density at radius 3 is 2.67 bits per heavy atom. The van der Waals surface area contributed by atoms with E-state index in [9.17, 15) is 4.79 Å². The lowest BCUT2D eigenvalue weighted by atomic mass is 10.1. The summed E-state index contributed by atoms with van der Waals surface area (Å²) in [5.41, 5.74) is 0.901. The molecule has 0 aliphatic rings. The quantitative estimate of drug-likeness (QED) is 0.781. The molecule has 0 saturated carbocycles. The van der Waals surface area contributed by atoms with Crippen molar-refractivity contribution in [3.63, 3.8) is 0 Å². The molecule has 0 spiro atoms. The Morgan fingerprint density at radius 2 is 2.07 bits per heavy atom. The fourth-order valence-electron chi connectivity index (χ4n) is 1.20. The predicted octanol–water partition coefficient (Wildman–Crippen LogP) is 2.05. The number of halogens is 1. The maximum Gasteiger partial charge on any atom is 0.266 e. The van der Waals surface area contributed by atoms with Crippen molar-refractivity contribution in [2.45, 2.75) is 4.83 Å². The van der Waals surface area contributed by atoms with Crippen molar-refractivity contribution in [3.05, 3.63) is 48.5 Å². The number of rotatable bonds is 2. The molecular weight excluding hydrogens is 258 g/mol. The van der Waals surface area contributed by atoms with E-state index in [1.54, 1.807) is 0 Å². The van der Waals surface area contributed by atoms with Crippen molar-refractivity contribution in [1.82, 2.24) is 14.8 Å². The predicted molar refractivity (Wildman–Crippen MR) is 58.8 cm³/mol. The Hall–Kier alpha value is -1.49. The minimum Gasteiger partial charge on any atom is -0.271 e. The van der Waals surface area contributed by atoms with Crippen LogP contribution in [0, 0.1) is 0 Å². The van der Waals surface area contributed by atoms with Crippen LogP contribution in [0.3, 0.4) is 0 Å². The number of hydrogen-bond acceptors (Lipinski definition) is 3. The van der Waals surface area contributed by atoms with Gasteiger partial charge in [-0.25, -0.2) is 4.98 Å². The number of hydrogen-bond donors (Lipinski definition) is 0. The highest BCUT2D eigenvalue weighted by molar-refractivity contribution is 9.09. The van der Waals surface area contributed by atoms with Gasteiger partial charge in [-0.2, -0.15) is 9.78 Å². The first-order chi connectivity index (χ1) is 7.29. The van der Waals surface area contributed by atoms with Crippen LogP contribution < -0.4 is 0 Å². The van der Waals surface area contributed by atoms with E-state index in [-0.39, 0.29) is 10.7 Å². The van der Waals surface area contributed by atoms with E-state index >= 15 is 0 Å². The third-order valence-electron chi connectivity index (χ3n) is 1.95. The molecule has 0 amide bonds. The molecule has 15 heavy (non-hydrogen) atoms. The summed E-state index contributed by atoms with van der Waals surface area (Å²) < 4.78 is 1.21. The summed E-state index contributed by atoms with van der Waals surface area (Å²) in [6, 6.07) is 9.45. The van der Waals surface area contributed by atoms with Crippen LogP contribution in [-0.4, -0.2) is 20.7 Å². The lowest BCUT2D eigenvalue weighted by Gasteiger charge is -2.07. The molecule has 76 valence electrons. The molecule has 0 radical (unpaired) electrons. The summed E-state index contributed by atoms with van der Waals surface area (Å²) in [7, 11) is 0. The largest absolute Gasteiger partial charge is 0.271 e. The second-order valence-electron chi connectivity index (χ2n) is 2.95. The van der Waals surface area contributed by atoms with Crippen LogP contribution in [0.5, 0.6) is 0 Å². The zero-order valence-electron chi connectivity index (χ0n) is 7.75. The summed E-state index contributed by atoms with van der Waals surface area (Å²) in [6.45, 7) is 0. The van der Waals surface area contributed by atoms with Gasteiger partial charge < -0.3 is 0 Å². The van der Waals surface area contributed by atoms with Crippen LogP contribution >= 0.6 is 15.9 Å². The van der Waals surface area contributed by atoms with E-state index in [1.807, 2.05) is 30.3 Å². The second kappa shape index (κ2) is 4.35. The summed E-state index contributed by atoms with van der Waals surface area (Å²) in [5, 5.41) is 3.79. The van der Waals surface area contributed by atoms with Crippen LogP contribution in [-0.2, 0) is 0 Å². The van der Waals surface area contributed by atoms with Gasteiger partial charge in [0.2, 0.25) is 0 Å². The smallest absolute Gasteiger partial charge is 0.266 e. The average Bonchev–Trinajstić information content (AvgIpc) is 2.82. The number of alkyl halides is 1. The van der Waals surface area contributed by atoms with Gasteiger partial charge in [0.1, 0.15) is 17.5 Å². The number of carbonyl (C=O) groups excluding carboxylic acids is 1. The van der Waals surface area contributed by atoms with Crippen molar-refractivity contribution in [3.8, 4) is 0 Å². The molecule has 0 saturated heterocycles. The molecule has 2 aromatic rings. The van der Waals surface area contributed by atoms with Gasteiger partial charge in [0.15, 0.2) is 0 Å². The van der Waals surface area contributed by atoms with E-state index < -0.39 is 0 Å². The number of benzene rings is 1. The molecule has 1 aromatic heterocycles. The topological polar surface area (TPSA) is 47.8 Å². The molecule has 0 N–H and O–H groups in total. The van der Waals surface area contributed by atoms with Crippen LogP contribution in [0.1, 0.15) is 15.2 Å². The third kappa shape index (κ3) is 2.12. The van der Waals surface area contributed by atoms with Gasteiger partial charge in [-0.15, -0.1) is 0 Å². The zero-order valence-corrected chi connectivity index (χ0v) is 9.33. The molecule has 0 fully saturated rings. The average molecular weight is 266 g/mol. The molecule has 0 aliphatic carbocycles. The minimum absolute atomic E-state index is 0.154. The molecule has 1 heterocycles. The molecular formula is C10H8BrN3O. The summed E-state index contributed by atoms with van der Waals surface area (Å²) in [6.07, 6.45) is 2.72. The van der Waals surface area contributed by atoms with Crippen molar-refractivity contribution < 1.29 is 4.79 Å². The fourth-order valence-corrected chi connectivity index (χ4v) is 1.72. The highest BCUT2D eigenvalue weighted by atomic mass is 79.9. The maximum absolute atomic E-state index is 11.8. The van der Waals surface area contributed by atoms with Gasteiger partial charge >= 0.3 is 0 Å². The standard InChI is InChI=1S/C10H8BrN3O/c11-9(8-4-2-1-3-5-8)10(15)14-7-12-6-13-14/h1-7,9H. The Kier molecular flexibility index (Phi) is 2.91. The summed E-state index contributed by atoms with van der Waals surface area (Å²) in [5.74, 6) is -0.154. The number of carbonyl (C=O) groups is 1. The second-order valence-corrected chi connectivity index (χ2v) is 3.87. The van der Waals surface area contributed by atoms with E-state index in [2.05, 4.69) is 26.0 Å². The summed E-state index contributed by atoms with van der Waals surface area (Å²) in [4.78, 5) is 15.2. The highest BCUT2D eigenvalue weighted by Gasteiger charge is 2.18. The Morgan fingerprint density at radius 1 is 1.33 bits per heavy atom. The van der Waals surface area contributed by atoms with Crippen LogP contribution in [0.25, 0.3) is 0 Å².